The van der Waals surface area contributed by atoms with E-state index in [4.69, 9.17) is 11.6 Å². The van der Waals surface area contributed by atoms with E-state index in [1.165, 1.54) is 0 Å². The number of rotatable bonds is 3. The highest BCUT2D eigenvalue weighted by molar-refractivity contribution is 9.10. The first-order valence-corrected chi connectivity index (χ1v) is 7.35. The second-order valence-corrected chi connectivity index (χ2v) is 5.97. The van der Waals surface area contributed by atoms with Gasteiger partial charge in [0.2, 0.25) is 0 Å². The van der Waals surface area contributed by atoms with E-state index in [9.17, 15) is 4.79 Å². The van der Waals surface area contributed by atoms with Crippen LogP contribution in [0.25, 0.3) is 10.9 Å². The van der Waals surface area contributed by atoms with Crippen LogP contribution in [0.15, 0.2) is 53.1 Å². The molecular formula is C16H11BrClNO. The molecule has 0 amide bonds. The maximum atomic E-state index is 12.4. The van der Waals surface area contributed by atoms with Crippen LogP contribution in [0.1, 0.15) is 15.9 Å². The van der Waals surface area contributed by atoms with Gasteiger partial charge in [0.25, 0.3) is 0 Å². The number of halogens is 2. The van der Waals surface area contributed by atoms with Crippen molar-refractivity contribution in [3.8, 4) is 0 Å². The Morgan fingerprint density at radius 2 is 2.05 bits per heavy atom. The molecule has 0 aliphatic carbocycles. The summed E-state index contributed by atoms with van der Waals surface area (Å²) in [5.41, 5.74) is 2.58. The zero-order valence-corrected chi connectivity index (χ0v) is 12.8. The monoisotopic (exact) mass is 347 g/mol. The van der Waals surface area contributed by atoms with Crippen LogP contribution in [-0.2, 0) is 6.42 Å². The van der Waals surface area contributed by atoms with E-state index < -0.39 is 0 Å². The van der Waals surface area contributed by atoms with Crippen LogP contribution in [0.3, 0.4) is 0 Å². The van der Waals surface area contributed by atoms with Gasteiger partial charge in [-0.15, -0.1) is 0 Å². The van der Waals surface area contributed by atoms with Crippen molar-refractivity contribution in [2.45, 2.75) is 6.42 Å². The fourth-order valence-electron chi connectivity index (χ4n) is 2.26. The van der Waals surface area contributed by atoms with Gasteiger partial charge in [-0.05, 0) is 29.8 Å². The maximum Gasteiger partial charge on any atom is 0.169 e. The zero-order valence-electron chi connectivity index (χ0n) is 10.5. The van der Waals surface area contributed by atoms with E-state index in [0.29, 0.717) is 17.0 Å². The largest absolute Gasteiger partial charge is 0.360 e. The van der Waals surface area contributed by atoms with Gasteiger partial charge in [0.05, 0.1) is 0 Å². The molecule has 1 aromatic heterocycles. The van der Waals surface area contributed by atoms with Crippen molar-refractivity contribution in [1.82, 2.24) is 4.98 Å². The second kappa shape index (κ2) is 5.43. The summed E-state index contributed by atoms with van der Waals surface area (Å²) in [6.45, 7) is 0. The van der Waals surface area contributed by atoms with E-state index in [-0.39, 0.29) is 5.78 Å². The highest BCUT2D eigenvalue weighted by Gasteiger charge is 2.13. The third-order valence-electron chi connectivity index (χ3n) is 3.20. The summed E-state index contributed by atoms with van der Waals surface area (Å²) in [5.74, 6) is 0.0941. The van der Waals surface area contributed by atoms with Crippen LogP contribution in [0.2, 0.25) is 5.02 Å². The van der Waals surface area contributed by atoms with Crippen LogP contribution < -0.4 is 0 Å². The third kappa shape index (κ3) is 2.65. The topological polar surface area (TPSA) is 32.9 Å². The van der Waals surface area contributed by atoms with Gasteiger partial charge in [-0.3, -0.25) is 4.79 Å². The Labute approximate surface area is 129 Å². The molecule has 0 saturated heterocycles. The average Bonchev–Trinajstić information content (AvgIpc) is 2.81. The number of carbonyl (C=O) groups is 1. The van der Waals surface area contributed by atoms with Crippen molar-refractivity contribution in [2.75, 3.05) is 0 Å². The predicted octanol–water partition coefficient (Wildman–Crippen LogP) is 5.01. The smallest absolute Gasteiger partial charge is 0.169 e. The molecule has 0 atom stereocenters. The molecule has 2 nitrogen and oxygen atoms in total. The molecule has 0 radical (unpaired) electrons. The minimum absolute atomic E-state index is 0.0941. The number of carbonyl (C=O) groups excluding carboxylic acids is 1. The van der Waals surface area contributed by atoms with Gasteiger partial charge in [0.1, 0.15) is 0 Å². The molecule has 1 N–H and O–H groups in total. The SMILES string of the molecule is O=C(Cc1cccc(Br)c1)c1c[nH]c2cc(Cl)ccc12. The van der Waals surface area contributed by atoms with Crippen molar-refractivity contribution in [3.05, 3.63) is 69.3 Å². The summed E-state index contributed by atoms with van der Waals surface area (Å²) in [4.78, 5) is 15.5. The molecule has 0 saturated carbocycles. The lowest BCUT2D eigenvalue weighted by Crippen LogP contribution is -2.02. The fraction of sp³-hybridized carbons (Fsp3) is 0.0625. The number of ketones is 1. The Bertz CT molecular complexity index is 794. The highest BCUT2D eigenvalue weighted by Crippen LogP contribution is 2.23. The molecule has 4 heteroatoms. The van der Waals surface area contributed by atoms with Crippen LogP contribution in [0, 0.1) is 0 Å². The summed E-state index contributed by atoms with van der Waals surface area (Å²) >= 11 is 9.36. The van der Waals surface area contributed by atoms with Gasteiger partial charge in [-0.2, -0.15) is 0 Å². The number of benzene rings is 2. The fourth-order valence-corrected chi connectivity index (χ4v) is 2.88. The van der Waals surface area contributed by atoms with Gasteiger partial charge in [0.15, 0.2) is 5.78 Å². The average molecular weight is 349 g/mol. The highest BCUT2D eigenvalue weighted by atomic mass is 79.9. The van der Waals surface area contributed by atoms with E-state index in [1.807, 2.05) is 36.4 Å². The third-order valence-corrected chi connectivity index (χ3v) is 3.93. The Kier molecular flexibility index (Phi) is 3.64. The van der Waals surface area contributed by atoms with Crippen LogP contribution in [0.5, 0.6) is 0 Å². The maximum absolute atomic E-state index is 12.4. The molecular weight excluding hydrogens is 338 g/mol. The lowest BCUT2D eigenvalue weighted by molar-refractivity contribution is 0.0994. The summed E-state index contributed by atoms with van der Waals surface area (Å²) in [5, 5.41) is 1.57. The van der Waals surface area contributed by atoms with Crippen LogP contribution in [0.4, 0.5) is 0 Å². The summed E-state index contributed by atoms with van der Waals surface area (Å²) in [6, 6.07) is 13.3. The first-order chi connectivity index (χ1) is 9.63. The molecule has 1 heterocycles. The molecule has 20 heavy (non-hydrogen) atoms. The van der Waals surface area contributed by atoms with Gasteiger partial charge in [-0.25, -0.2) is 0 Å². The molecule has 0 aliphatic heterocycles. The normalized spacial score (nSPS) is 10.9. The molecule has 0 spiro atoms. The van der Waals surface area contributed by atoms with Crippen molar-refractivity contribution < 1.29 is 4.79 Å². The number of hydrogen-bond acceptors (Lipinski definition) is 1. The van der Waals surface area contributed by atoms with Gasteiger partial charge in [-0.1, -0.05) is 45.7 Å². The number of aromatic amines is 1. The minimum Gasteiger partial charge on any atom is -0.360 e. The Morgan fingerprint density at radius 3 is 2.85 bits per heavy atom. The van der Waals surface area contributed by atoms with Crippen LogP contribution >= 0.6 is 27.5 Å². The molecule has 100 valence electrons. The van der Waals surface area contributed by atoms with Gasteiger partial charge in [0, 0.05) is 38.6 Å². The number of aromatic nitrogens is 1. The standard InChI is InChI=1S/C16H11BrClNO/c17-11-3-1-2-10(6-11)7-16(20)14-9-19-15-8-12(18)4-5-13(14)15/h1-6,8-9,19H,7H2. The van der Waals surface area contributed by atoms with Crippen LogP contribution in [-0.4, -0.2) is 10.8 Å². The summed E-state index contributed by atoms with van der Waals surface area (Å²) in [6.07, 6.45) is 2.14. The Balaban J connectivity index is 1.93. The van der Waals surface area contributed by atoms with Crippen molar-refractivity contribution in [3.63, 3.8) is 0 Å². The van der Waals surface area contributed by atoms with E-state index in [2.05, 4.69) is 20.9 Å². The van der Waals surface area contributed by atoms with E-state index in [0.717, 1.165) is 20.9 Å². The quantitative estimate of drug-likeness (QED) is 0.663. The molecule has 0 unspecified atom stereocenters. The molecule has 0 aliphatic rings. The van der Waals surface area contributed by atoms with E-state index >= 15 is 0 Å². The van der Waals surface area contributed by atoms with Gasteiger partial charge >= 0.3 is 0 Å². The van der Waals surface area contributed by atoms with Gasteiger partial charge < -0.3 is 4.98 Å². The van der Waals surface area contributed by atoms with Crippen molar-refractivity contribution >= 4 is 44.2 Å². The lowest BCUT2D eigenvalue weighted by Gasteiger charge is -2.01. The zero-order chi connectivity index (χ0) is 14.1. The lowest BCUT2D eigenvalue weighted by atomic mass is 10.0. The number of Topliss-reactive ketones (excluding diaryl/α,β-unsaturated/α-hetero) is 1. The first-order valence-electron chi connectivity index (χ1n) is 6.18. The number of nitrogens with one attached hydrogen (secondary N) is 1. The summed E-state index contributed by atoms with van der Waals surface area (Å²) < 4.78 is 0.980. The molecule has 0 fully saturated rings. The van der Waals surface area contributed by atoms with Crippen molar-refractivity contribution in [2.24, 2.45) is 0 Å². The number of hydrogen-bond donors (Lipinski definition) is 1. The minimum atomic E-state index is 0.0941. The Morgan fingerprint density at radius 1 is 1.20 bits per heavy atom. The van der Waals surface area contributed by atoms with E-state index in [1.54, 1.807) is 12.3 Å². The predicted molar refractivity (Wildman–Crippen MR) is 85.5 cm³/mol. The summed E-state index contributed by atoms with van der Waals surface area (Å²) in [7, 11) is 0. The molecule has 2 aromatic carbocycles. The molecule has 3 aromatic rings. The van der Waals surface area contributed by atoms with Crippen molar-refractivity contribution in [1.29, 1.82) is 0 Å². The molecule has 3 rings (SSSR count). The molecule has 0 bridgehead atoms. The number of fused-ring (bicyclic) bond motifs is 1. The second-order valence-electron chi connectivity index (χ2n) is 4.62. The number of H-pyrrole nitrogens is 1. The first kappa shape index (κ1) is 13.4. The Hall–Kier alpha value is -1.58.